The number of nitrogens with one attached hydrogen (secondary N) is 2. The lowest BCUT2D eigenvalue weighted by Gasteiger charge is -2.13. The van der Waals surface area contributed by atoms with Crippen LogP contribution in [0.5, 0.6) is 0 Å². The van der Waals surface area contributed by atoms with E-state index in [-0.39, 0.29) is 18.3 Å². The first-order valence-electron chi connectivity index (χ1n) is 5.02. The third kappa shape index (κ3) is 2.64. The van der Waals surface area contributed by atoms with Crippen molar-refractivity contribution in [3.8, 4) is 0 Å². The fraction of sp³-hybridized carbons (Fsp3) is 0.364. The van der Waals surface area contributed by atoms with E-state index in [1.165, 1.54) is 10.4 Å². The normalized spacial score (nSPS) is 13.5. The van der Waals surface area contributed by atoms with Crippen molar-refractivity contribution in [2.75, 3.05) is 13.1 Å². The van der Waals surface area contributed by atoms with Gasteiger partial charge in [-0.15, -0.1) is 30.3 Å². The van der Waals surface area contributed by atoms with Crippen LogP contribution in [0.1, 0.15) is 20.8 Å². The second-order valence-electron chi connectivity index (χ2n) is 3.48. The van der Waals surface area contributed by atoms with Gasteiger partial charge in [0.15, 0.2) is 0 Å². The van der Waals surface area contributed by atoms with E-state index in [4.69, 9.17) is 0 Å². The zero-order chi connectivity index (χ0) is 10.7. The van der Waals surface area contributed by atoms with Crippen molar-refractivity contribution < 1.29 is 4.79 Å². The summed E-state index contributed by atoms with van der Waals surface area (Å²) in [4.78, 5) is 13.1. The average Bonchev–Trinajstić information content (AvgIpc) is 2.69. The molecule has 88 valence electrons. The molecule has 16 heavy (non-hydrogen) atoms. The highest BCUT2D eigenvalue weighted by molar-refractivity contribution is 7.10. The van der Waals surface area contributed by atoms with Gasteiger partial charge in [0, 0.05) is 23.3 Å². The number of thiophene rings is 1. The van der Waals surface area contributed by atoms with Crippen molar-refractivity contribution in [1.29, 1.82) is 0 Å². The van der Waals surface area contributed by atoms with Crippen LogP contribution < -0.4 is 10.6 Å². The summed E-state index contributed by atoms with van der Waals surface area (Å²) in [5, 5.41) is 8.07. The Morgan fingerprint density at radius 3 is 3.25 bits per heavy atom. The van der Waals surface area contributed by atoms with Crippen LogP contribution in [0.3, 0.4) is 0 Å². The zero-order valence-corrected chi connectivity index (χ0v) is 10.5. The number of amides is 1. The van der Waals surface area contributed by atoms with Crippen LogP contribution in [-0.2, 0) is 13.0 Å². The van der Waals surface area contributed by atoms with E-state index in [2.05, 4.69) is 17.2 Å². The summed E-state index contributed by atoms with van der Waals surface area (Å²) in [7, 11) is 0. The van der Waals surface area contributed by atoms with E-state index in [1.807, 2.05) is 5.38 Å². The highest BCUT2D eigenvalue weighted by Crippen LogP contribution is 2.25. The first-order chi connectivity index (χ1) is 7.33. The predicted molar refractivity (Wildman–Crippen MR) is 69.5 cm³/mol. The highest BCUT2D eigenvalue weighted by atomic mass is 35.5. The van der Waals surface area contributed by atoms with Crippen molar-refractivity contribution >= 4 is 29.7 Å². The Morgan fingerprint density at radius 1 is 1.69 bits per heavy atom. The van der Waals surface area contributed by atoms with Gasteiger partial charge in [-0.3, -0.25) is 4.79 Å². The van der Waals surface area contributed by atoms with Crippen LogP contribution in [0.4, 0.5) is 0 Å². The molecule has 1 aliphatic heterocycles. The third-order valence-corrected chi connectivity index (χ3v) is 3.50. The molecule has 1 aromatic rings. The maximum absolute atomic E-state index is 11.8. The fourth-order valence-electron chi connectivity index (χ4n) is 1.71. The molecule has 0 saturated heterocycles. The summed E-state index contributed by atoms with van der Waals surface area (Å²) in [6.45, 7) is 5.97. The topological polar surface area (TPSA) is 41.1 Å². The molecule has 0 fully saturated rings. The SMILES string of the molecule is C=CCNC(=O)c1csc2c1CCNC2.Cl. The number of hydrogen-bond donors (Lipinski definition) is 2. The van der Waals surface area contributed by atoms with Gasteiger partial charge in [-0.05, 0) is 18.5 Å². The van der Waals surface area contributed by atoms with Gasteiger partial charge in [-0.1, -0.05) is 6.08 Å². The molecule has 2 N–H and O–H groups in total. The lowest BCUT2D eigenvalue weighted by Crippen LogP contribution is -2.27. The molecule has 5 heteroatoms. The Kier molecular flexibility index (Phi) is 4.99. The van der Waals surface area contributed by atoms with Gasteiger partial charge in [-0.2, -0.15) is 0 Å². The molecular weight excluding hydrogens is 244 g/mol. The molecule has 0 aliphatic carbocycles. The van der Waals surface area contributed by atoms with Crippen molar-refractivity contribution in [2.45, 2.75) is 13.0 Å². The Bertz CT molecular complexity index is 389. The predicted octanol–water partition coefficient (Wildman–Crippen LogP) is 1.73. The van der Waals surface area contributed by atoms with Gasteiger partial charge in [0.1, 0.15) is 0 Å². The van der Waals surface area contributed by atoms with Gasteiger partial charge in [0.2, 0.25) is 0 Å². The molecule has 0 spiro atoms. The van der Waals surface area contributed by atoms with E-state index in [0.717, 1.165) is 25.1 Å². The number of hydrogen-bond acceptors (Lipinski definition) is 3. The Labute approximate surface area is 105 Å². The molecule has 0 aromatic carbocycles. The van der Waals surface area contributed by atoms with Gasteiger partial charge >= 0.3 is 0 Å². The maximum Gasteiger partial charge on any atom is 0.252 e. The van der Waals surface area contributed by atoms with Crippen LogP contribution in [0.15, 0.2) is 18.0 Å². The van der Waals surface area contributed by atoms with Crippen molar-refractivity contribution in [3.63, 3.8) is 0 Å². The molecule has 0 bridgehead atoms. The average molecular weight is 259 g/mol. The first kappa shape index (κ1) is 13.2. The largest absolute Gasteiger partial charge is 0.349 e. The number of halogens is 1. The van der Waals surface area contributed by atoms with E-state index in [0.29, 0.717) is 6.54 Å². The lowest BCUT2D eigenvalue weighted by atomic mass is 10.0. The van der Waals surface area contributed by atoms with Crippen molar-refractivity contribution in [2.24, 2.45) is 0 Å². The van der Waals surface area contributed by atoms with Crippen LogP contribution in [0, 0.1) is 0 Å². The summed E-state index contributed by atoms with van der Waals surface area (Å²) in [6.07, 6.45) is 2.65. The number of fused-ring (bicyclic) bond motifs is 1. The van der Waals surface area contributed by atoms with E-state index < -0.39 is 0 Å². The monoisotopic (exact) mass is 258 g/mol. The molecular formula is C11H15ClN2OS. The molecule has 2 heterocycles. The molecule has 0 radical (unpaired) electrons. The molecule has 1 amide bonds. The maximum atomic E-state index is 11.8. The molecule has 0 atom stereocenters. The highest BCUT2D eigenvalue weighted by Gasteiger charge is 2.19. The van der Waals surface area contributed by atoms with Crippen LogP contribution >= 0.6 is 23.7 Å². The molecule has 0 unspecified atom stereocenters. The summed E-state index contributed by atoms with van der Waals surface area (Å²) >= 11 is 1.66. The van der Waals surface area contributed by atoms with E-state index in [1.54, 1.807) is 17.4 Å². The second kappa shape index (κ2) is 6.03. The summed E-state index contributed by atoms with van der Waals surface area (Å²) in [5.41, 5.74) is 2.07. The molecule has 3 nitrogen and oxygen atoms in total. The Hall–Kier alpha value is -0.840. The zero-order valence-electron chi connectivity index (χ0n) is 8.91. The second-order valence-corrected chi connectivity index (χ2v) is 4.44. The number of rotatable bonds is 3. The standard InChI is InChI=1S/C11H14N2OS.ClH/c1-2-4-13-11(14)9-7-15-10-6-12-5-3-8(9)10;/h2,7,12H,1,3-6H2,(H,13,14);1H. The number of carbonyl (C=O) groups excluding carboxylic acids is 1. The van der Waals surface area contributed by atoms with Gasteiger partial charge in [0.05, 0.1) is 5.56 Å². The first-order valence-corrected chi connectivity index (χ1v) is 5.90. The van der Waals surface area contributed by atoms with Crippen molar-refractivity contribution in [1.82, 2.24) is 10.6 Å². The van der Waals surface area contributed by atoms with Crippen LogP contribution in [-0.4, -0.2) is 19.0 Å². The van der Waals surface area contributed by atoms with Crippen molar-refractivity contribution in [3.05, 3.63) is 34.0 Å². The van der Waals surface area contributed by atoms with Gasteiger partial charge in [-0.25, -0.2) is 0 Å². The fourth-order valence-corrected chi connectivity index (χ4v) is 2.76. The van der Waals surface area contributed by atoms with Gasteiger partial charge in [0.25, 0.3) is 5.91 Å². The Morgan fingerprint density at radius 2 is 2.50 bits per heavy atom. The summed E-state index contributed by atoms with van der Waals surface area (Å²) < 4.78 is 0. The summed E-state index contributed by atoms with van der Waals surface area (Å²) in [6, 6.07) is 0. The number of carbonyl (C=O) groups is 1. The molecule has 0 saturated carbocycles. The smallest absolute Gasteiger partial charge is 0.252 e. The third-order valence-electron chi connectivity index (χ3n) is 2.47. The Balaban J connectivity index is 0.00000128. The van der Waals surface area contributed by atoms with Crippen LogP contribution in [0.2, 0.25) is 0 Å². The minimum atomic E-state index is 0. The van der Waals surface area contributed by atoms with Crippen LogP contribution in [0.25, 0.3) is 0 Å². The minimum absolute atomic E-state index is 0. The minimum Gasteiger partial charge on any atom is -0.349 e. The molecule has 1 aliphatic rings. The summed E-state index contributed by atoms with van der Waals surface area (Å²) in [5.74, 6) is 0.0225. The molecule has 1 aromatic heterocycles. The lowest BCUT2D eigenvalue weighted by molar-refractivity contribution is 0.0957. The van der Waals surface area contributed by atoms with E-state index >= 15 is 0 Å². The quantitative estimate of drug-likeness (QED) is 0.811. The van der Waals surface area contributed by atoms with Gasteiger partial charge < -0.3 is 10.6 Å². The van der Waals surface area contributed by atoms with E-state index in [9.17, 15) is 4.79 Å². The molecule has 2 rings (SSSR count).